The van der Waals surface area contributed by atoms with E-state index in [1.165, 1.54) is 98.8 Å². The number of allylic oxidation sites excluding steroid dienone is 7. The predicted molar refractivity (Wildman–Crippen MR) is 310 cm³/mol. The average Bonchev–Trinajstić information content (AvgIpc) is 3.98. The highest BCUT2D eigenvalue weighted by molar-refractivity contribution is 8.03. The van der Waals surface area contributed by atoms with Gasteiger partial charge in [0.05, 0.1) is 5.69 Å². The summed E-state index contributed by atoms with van der Waals surface area (Å²) in [5.41, 5.74) is 21.1. The first-order chi connectivity index (χ1) is 36.7. The number of fused-ring (bicyclic) bond motifs is 12. The molecule has 2 aliphatic heterocycles. The van der Waals surface area contributed by atoms with Crippen LogP contribution >= 0.6 is 23.5 Å². The topological polar surface area (TPSA) is 6.48 Å². The number of nitrogens with zero attached hydrogens (tertiary/aromatic N) is 2. The van der Waals surface area contributed by atoms with Crippen LogP contribution in [-0.4, -0.2) is 5.25 Å². The highest BCUT2D eigenvalue weighted by Gasteiger charge is 2.56. The van der Waals surface area contributed by atoms with Crippen LogP contribution in [0.15, 0.2) is 281 Å². The Bertz CT molecular complexity index is 3710. The van der Waals surface area contributed by atoms with Gasteiger partial charge in [-0.05, 0) is 158 Å². The van der Waals surface area contributed by atoms with Crippen LogP contribution in [0.1, 0.15) is 86.4 Å². The zero-order valence-electron chi connectivity index (χ0n) is 40.8. The van der Waals surface area contributed by atoms with Gasteiger partial charge in [-0.25, -0.2) is 0 Å². The van der Waals surface area contributed by atoms with Crippen LogP contribution in [0.5, 0.6) is 0 Å². The minimum Gasteiger partial charge on any atom is -0.314 e. The van der Waals surface area contributed by atoms with Gasteiger partial charge in [0.25, 0.3) is 0 Å². The quantitative estimate of drug-likeness (QED) is 0.126. The first-order valence-electron chi connectivity index (χ1n) is 26.2. The van der Waals surface area contributed by atoms with Gasteiger partial charge in [-0.1, -0.05) is 200 Å². The van der Waals surface area contributed by atoms with Gasteiger partial charge in [-0.15, -0.1) is 11.8 Å². The van der Waals surface area contributed by atoms with E-state index in [4.69, 9.17) is 0 Å². The van der Waals surface area contributed by atoms with Crippen molar-refractivity contribution in [1.82, 2.24) is 0 Å². The Labute approximate surface area is 443 Å². The summed E-state index contributed by atoms with van der Waals surface area (Å²) >= 11 is 4.02. The van der Waals surface area contributed by atoms with Crippen molar-refractivity contribution in [1.29, 1.82) is 0 Å². The van der Waals surface area contributed by atoms with Gasteiger partial charge in [0.2, 0.25) is 0 Å². The number of hydrogen-bond donors (Lipinski definition) is 0. The third-order valence-corrected chi connectivity index (χ3v) is 19.1. The molecule has 4 heteroatoms. The molecule has 9 aromatic carbocycles. The van der Waals surface area contributed by atoms with E-state index in [2.05, 4.69) is 271 Å². The summed E-state index contributed by atoms with van der Waals surface area (Å²) in [6.07, 6.45) is 14.9. The summed E-state index contributed by atoms with van der Waals surface area (Å²) in [6, 6.07) is 84.5. The maximum absolute atomic E-state index is 2.61. The van der Waals surface area contributed by atoms with Crippen molar-refractivity contribution in [3.05, 3.63) is 316 Å². The second-order valence-electron chi connectivity index (χ2n) is 20.5. The van der Waals surface area contributed by atoms with Gasteiger partial charge in [0.15, 0.2) is 0 Å². The van der Waals surface area contributed by atoms with E-state index in [1.54, 1.807) is 0 Å². The molecule has 354 valence electrons. The number of benzene rings is 9. The summed E-state index contributed by atoms with van der Waals surface area (Å²) in [5.74, 6) is 1.94. The van der Waals surface area contributed by atoms with Crippen LogP contribution in [0.25, 0.3) is 11.1 Å². The SMILES string of the molecule is C1=CC2Sc3c(C(c4ccccc4)c4cc5c(c(N(c6ccccc6)c6ccc7c(c6)-c6ccccc6C6C(c8ccccc8)C76)c4)C4CC(N(c6ccccc6)c6ccccc6)=CC=C4S5)cccc3C2C=C1. The van der Waals surface area contributed by atoms with Crippen molar-refractivity contribution < 1.29 is 0 Å². The molecule has 6 aliphatic rings. The standard InChI is InChI=1S/C70H52N2S2/c1-6-21-45(22-7-1)65(58-35-20-34-57-54-32-18-19-36-62(54)74-70(57)58)47-41-61(67-60-44-51(38-40-63(60)73-64(67)42-47)71(48-25-10-3-11-26-48)49-27-12-4-13-28-49)72(50-29-14-5-15-30-50)52-37-39-56-59(43-52)53-31-16-17-33-55(53)68-66(69(56)68)46-23-8-2-9-24-46/h1-43,54,60,62,65-66,68-69H,44H2. The Morgan fingerprint density at radius 3 is 1.81 bits per heavy atom. The fourth-order valence-electron chi connectivity index (χ4n) is 13.3. The molecule has 0 N–H and O–H groups in total. The number of thioether (sulfide) groups is 2. The molecule has 2 heterocycles. The minimum atomic E-state index is 0.00288. The fourth-order valence-corrected chi connectivity index (χ4v) is 16.1. The van der Waals surface area contributed by atoms with Gasteiger partial charge < -0.3 is 9.80 Å². The Morgan fingerprint density at radius 2 is 1.08 bits per heavy atom. The molecule has 15 rings (SSSR count). The van der Waals surface area contributed by atoms with E-state index in [0.717, 1.165) is 12.1 Å². The van der Waals surface area contributed by atoms with E-state index in [-0.39, 0.29) is 11.8 Å². The van der Waals surface area contributed by atoms with Crippen LogP contribution in [0.3, 0.4) is 0 Å². The van der Waals surface area contributed by atoms with Crippen molar-refractivity contribution >= 4 is 52.0 Å². The number of rotatable bonds is 10. The molecule has 0 radical (unpaired) electrons. The summed E-state index contributed by atoms with van der Waals surface area (Å²) < 4.78 is 0. The smallest absolute Gasteiger partial charge is 0.0514 e. The van der Waals surface area contributed by atoms with Gasteiger partial charge in [-0.3, -0.25) is 0 Å². The molecule has 7 atom stereocenters. The zero-order chi connectivity index (χ0) is 48.7. The molecule has 0 saturated heterocycles. The first kappa shape index (κ1) is 43.8. The fraction of sp³-hybridized carbons (Fsp3) is 0.114. The lowest BCUT2D eigenvalue weighted by Gasteiger charge is -2.34. The highest BCUT2D eigenvalue weighted by Crippen LogP contribution is 2.71. The molecule has 0 amide bonds. The number of anilines is 5. The van der Waals surface area contributed by atoms with Crippen molar-refractivity contribution in [2.45, 2.75) is 57.0 Å². The molecule has 0 spiro atoms. The summed E-state index contributed by atoms with van der Waals surface area (Å²) in [4.78, 5) is 9.25. The lowest BCUT2D eigenvalue weighted by Crippen LogP contribution is -2.21. The monoisotopic (exact) mass is 984 g/mol. The van der Waals surface area contributed by atoms with Crippen LogP contribution < -0.4 is 9.80 Å². The van der Waals surface area contributed by atoms with Crippen LogP contribution in [0.4, 0.5) is 28.4 Å². The number of hydrogen-bond acceptors (Lipinski definition) is 4. The first-order valence-corrected chi connectivity index (χ1v) is 27.9. The lowest BCUT2D eigenvalue weighted by molar-refractivity contribution is 0.779. The summed E-state index contributed by atoms with van der Waals surface area (Å²) in [7, 11) is 0. The highest BCUT2D eigenvalue weighted by atomic mass is 32.2. The van der Waals surface area contributed by atoms with Gasteiger partial charge in [0, 0.05) is 61.2 Å². The molecule has 74 heavy (non-hydrogen) atoms. The van der Waals surface area contributed by atoms with Crippen molar-refractivity contribution in [2.75, 3.05) is 9.80 Å². The third-order valence-electron chi connectivity index (χ3n) is 16.5. The maximum Gasteiger partial charge on any atom is 0.0514 e. The maximum atomic E-state index is 2.61. The molecular formula is C70H52N2S2. The number of para-hydroxylation sites is 3. The second kappa shape index (κ2) is 18.0. The Kier molecular flexibility index (Phi) is 10.7. The van der Waals surface area contributed by atoms with E-state index >= 15 is 0 Å². The molecule has 0 bridgehead atoms. The molecule has 2 nitrogen and oxygen atoms in total. The average molecular weight is 985 g/mol. The van der Waals surface area contributed by atoms with Gasteiger partial charge in [-0.2, -0.15) is 0 Å². The van der Waals surface area contributed by atoms with Crippen molar-refractivity contribution in [2.24, 2.45) is 0 Å². The molecule has 7 unspecified atom stereocenters. The van der Waals surface area contributed by atoms with E-state index in [9.17, 15) is 0 Å². The van der Waals surface area contributed by atoms with Crippen LogP contribution in [0, 0.1) is 0 Å². The van der Waals surface area contributed by atoms with Crippen molar-refractivity contribution in [3.8, 4) is 11.1 Å². The van der Waals surface area contributed by atoms with Crippen molar-refractivity contribution in [3.63, 3.8) is 0 Å². The van der Waals surface area contributed by atoms with Gasteiger partial charge in [0.1, 0.15) is 0 Å². The largest absolute Gasteiger partial charge is 0.314 e. The molecule has 4 aliphatic carbocycles. The van der Waals surface area contributed by atoms with Crippen LogP contribution in [0.2, 0.25) is 0 Å². The molecular weight excluding hydrogens is 933 g/mol. The van der Waals surface area contributed by atoms with E-state index < -0.39 is 0 Å². The zero-order valence-corrected chi connectivity index (χ0v) is 42.4. The lowest BCUT2D eigenvalue weighted by atomic mass is 9.80. The molecule has 1 saturated carbocycles. The predicted octanol–water partition coefficient (Wildman–Crippen LogP) is 18.9. The molecule has 1 fully saturated rings. The van der Waals surface area contributed by atoms with Gasteiger partial charge >= 0.3 is 0 Å². The summed E-state index contributed by atoms with van der Waals surface area (Å²) in [6.45, 7) is 0. The Morgan fingerprint density at radius 1 is 0.459 bits per heavy atom. The minimum absolute atomic E-state index is 0.00288. The normalized spacial score (nSPS) is 21.4. The van der Waals surface area contributed by atoms with E-state index in [1.807, 2.05) is 23.5 Å². The Balaban J connectivity index is 0.942. The molecule has 9 aromatic rings. The Hall–Kier alpha value is -7.76. The second-order valence-corrected chi connectivity index (χ2v) is 22.9. The van der Waals surface area contributed by atoms with E-state index in [0.29, 0.717) is 28.9 Å². The van der Waals surface area contributed by atoms with Crippen LogP contribution in [-0.2, 0) is 0 Å². The molecule has 0 aromatic heterocycles. The summed E-state index contributed by atoms with van der Waals surface area (Å²) in [5, 5.41) is 0.401. The third kappa shape index (κ3) is 7.25.